The van der Waals surface area contributed by atoms with E-state index in [9.17, 15) is 9.18 Å². The average Bonchev–Trinajstić information content (AvgIpc) is 3.27. The van der Waals surface area contributed by atoms with E-state index in [4.69, 9.17) is 9.47 Å². The summed E-state index contributed by atoms with van der Waals surface area (Å²) < 4.78 is 24.9. The highest BCUT2D eigenvalue weighted by atomic mass is 19.1. The Hall–Kier alpha value is -1.46. The molecule has 0 radical (unpaired) electrons. The zero-order chi connectivity index (χ0) is 17.2. The molecule has 3 aliphatic rings. The Balaban J connectivity index is 1.22. The molecule has 0 aromatic heterocycles. The van der Waals surface area contributed by atoms with Crippen LogP contribution in [0.5, 0.6) is 0 Å². The maximum atomic E-state index is 13.3. The number of halogens is 1. The van der Waals surface area contributed by atoms with Gasteiger partial charge in [0.2, 0.25) is 5.91 Å². The lowest BCUT2D eigenvalue weighted by atomic mass is 10.1. The van der Waals surface area contributed by atoms with Gasteiger partial charge in [-0.25, -0.2) is 4.39 Å². The Morgan fingerprint density at radius 1 is 1.28 bits per heavy atom. The fourth-order valence-electron chi connectivity index (χ4n) is 4.07. The zero-order valence-electron chi connectivity index (χ0n) is 14.5. The molecular formula is C20H26FNO3. The first kappa shape index (κ1) is 17.0. The lowest BCUT2D eigenvalue weighted by molar-refractivity contribution is -0.135. The molecular weight excluding hydrogens is 321 g/mol. The van der Waals surface area contributed by atoms with Crippen molar-refractivity contribution in [1.82, 2.24) is 4.90 Å². The van der Waals surface area contributed by atoms with Gasteiger partial charge in [-0.3, -0.25) is 4.79 Å². The summed E-state index contributed by atoms with van der Waals surface area (Å²) in [7, 11) is 0. The monoisotopic (exact) mass is 347 g/mol. The van der Waals surface area contributed by atoms with Crippen LogP contribution in [0.15, 0.2) is 24.3 Å². The van der Waals surface area contributed by atoms with Gasteiger partial charge in [0.05, 0.1) is 18.8 Å². The SMILES string of the molecule is O=C([C@@H]1C[C@H]1c1cccc(F)c1)N1CCC(OC[C@H]2CCCO2)CC1. The molecule has 0 bridgehead atoms. The maximum Gasteiger partial charge on any atom is 0.226 e. The molecule has 4 nitrogen and oxygen atoms in total. The van der Waals surface area contributed by atoms with E-state index in [1.807, 2.05) is 11.0 Å². The summed E-state index contributed by atoms with van der Waals surface area (Å²) in [5.41, 5.74) is 0.952. The molecule has 3 atom stereocenters. The molecule has 0 spiro atoms. The lowest BCUT2D eigenvalue weighted by Gasteiger charge is -2.32. The van der Waals surface area contributed by atoms with Crippen LogP contribution in [-0.2, 0) is 14.3 Å². The topological polar surface area (TPSA) is 38.8 Å². The molecule has 1 saturated carbocycles. The minimum absolute atomic E-state index is 0.0335. The van der Waals surface area contributed by atoms with Gasteiger partial charge in [-0.15, -0.1) is 0 Å². The summed E-state index contributed by atoms with van der Waals surface area (Å²) in [6, 6.07) is 6.65. The second-order valence-electron chi connectivity index (χ2n) is 7.50. The first-order valence-electron chi connectivity index (χ1n) is 9.48. The van der Waals surface area contributed by atoms with Crippen LogP contribution in [0.25, 0.3) is 0 Å². The lowest BCUT2D eigenvalue weighted by Crippen LogP contribution is -2.42. The molecule has 1 aliphatic carbocycles. The van der Waals surface area contributed by atoms with Crippen molar-refractivity contribution < 1.29 is 18.7 Å². The van der Waals surface area contributed by atoms with E-state index in [1.54, 1.807) is 12.1 Å². The average molecular weight is 347 g/mol. The summed E-state index contributed by atoms with van der Waals surface area (Å²) in [5, 5.41) is 0. The van der Waals surface area contributed by atoms with Gasteiger partial charge >= 0.3 is 0 Å². The van der Waals surface area contributed by atoms with E-state index < -0.39 is 0 Å². The molecule has 5 heteroatoms. The molecule has 2 aliphatic heterocycles. The molecule has 0 unspecified atom stereocenters. The first-order valence-corrected chi connectivity index (χ1v) is 9.48. The van der Waals surface area contributed by atoms with Crippen molar-refractivity contribution in [3.8, 4) is 0 Å². The molecule has 2 heterocycles. The number of nitrogens with zero attached hydrogens (tertiary/aromatic N) is 1. The quantitative estimate of drug-likeness (QED) is 0.821. The van der Waals surface area contributed by atoms with Gasteiger partial charge < -0.3 is 14.4 Å². The van der Waals surface area contributed by atoms with Crippen molar-refractivity contribution in [2.45, 2.75) is 50.2 Å². The zero-order valence-corrected chi connectivity index (χ0v) is 14.5. The van der Waals surface area contributed by atoms with Crippen LogP contribution in [0.1, 0.15) is 43.6 Å². The van der Waals surface area contributed by atoms with Gasteiger partial charge in [-0.1, -0.05) is 12.1 Å². The van der Waals surface area contributed by atoms with Crippen LogP contribution in [0.2, 0.25) is 0 Å². The van der Waals surface area contributed by atoms with Crippen LogP contribution in [0, 0.1) is 11.7 Å². The normalized spacial score (nSPS) is 29.8. The molecule has 1 amide bonds. The summed E-state index contributed by atoms with van der Waals surface area (Å²) in [6.45, 7) is 3.07. The maximum absolute atomic E-state index is 13.3. The predicted molar refractivity (Wildman–Crippen MR) is 91.8 cm³/mol. The van der Waals surface area contributed by atoms with E-state index in [2.05, 4.69) is 0 Å². The van der Waals surface area contributed by atoms with Crippen molar-refractivity contribution in [3.05, 3.63) is 35.6 Å². The van der Waals surface area contributed by atoms with Crippen LogP contribution in [0.3, 0.4) is 0 Å². The van der Waals surface area contributed by atoms with Gasteiger partial charge in [-0.05, 0) is 55.7 Å². The Labute approximate surface area is 148 Å². The minimum atomic E-state index is -0.222. The number of likely N-dealkylation sites (tertiary alicyclic amines) is 1. The van der Waals surface area contributed by atoms with Crippen LogP contribution < -0.4 is 0 Å². The van der Waals surface area contributed by atoms with Crippen LogP contribution in [0.4, 0.5) is 4.39 Å². The number of carbonyl (C=O) groups is 1. The molecule has 25 heavy (non-hydrogen) atoms. The Morgan fingerprint density at radius 3 is 2.84 bits per heavy atom. The third-order valence-electron chi connectivity index (χ3n) is 5.68. The van der Waals surface area contributed by atoms with Gasteiger partial charge in [0.15, 0.2) is 0 Å². The minimum Gasteiger partial charge on any atom is -0.376 e. The summed E-state index contributed by atoms with van der Waals surface area (Å²) in [6.07, 6.45) is 5.38. The van der Waals surface area contributed by atoms with Crippen LogP contribution in [-0.4, -0.2) is 49.3 Å². The van der Waals surface area contributed by atoms with Crippen molar-refractivity contribution in [2.75, 3.05) is 26.3 Å². The van der Waals surface area contributed by atoms with Crippen LogP contribution >= 0.6 is 0 Å². The number of benzene rings is 1. The Bertz CT molecular complexity index is 609. The summed E-state index contributed by atoms with van der Waals surface area (Å²) in [5.74, 6) is 0.231. The summed E-state index contributed by atoms with van der Waals surface area (Å²) in [4.78, 5) is 14.6. The van der Waals surface area contributed by atoms with Crippen molar-refractivity contribution in [3.63, 3.8) is 0 Å². The number of hydrogen-bond acceptors (Lipinski definition) is 3. The highest BCUT2D eigenvalue weighted by molar-refractivity contribution is 5.83. The fourth-order valence-corrected chi connectivity index (χ4v) is 4.07. The number of piperidine rings is 1. The van der Waals surface area contributed by atoms with E-state index in [0.717, 1.165) is 57.4 Å². The largest absolute Gasteiger partial charge is 0.376 e. The highest BCUT2D eigenvalue weighted by Gasteiger charge is 2.46. The van der Waals surface area contributed by atoms with Crippen molar-refractivity contribution in [1.29, 1.82) is 0 Å². The molecule has 0 N–H and O–H groups in total. The van der Waals surface area contributed by atoms with E-state index >= 15 is 0 Å². The number of carbonyl (C=O) groups excluding carboxylic acids is 1. The molecule has 1 aromatic rings. The standard InChI is InChI=1S/C20H26FNO3/c21-15-4-1-3-14(11-15)18-12-19(18)20(23)22-8-6-16(7-9-22)25-13-17-5-2-10-24-17/h1,3-4,11,16-19H,2,5-10,12-13H2/t17-,18+,19-/m1/s1. The third-order valence-corrected chi connectivity index (χ3v) is 5.68. The van der Waals surface area contributed by atoms with Gasteiger partial charge in [0.25, 0.3) is 0 Å². The Kier molecular flexibility index (Phi) is 5.04. The Morgan fingerprint density at radius 2 is 2.12 bits per heavy atom. The van der Waals surface area contributed by atoms with E-state index in [0.29, 0.717) is 6.61 Å². The molecule has 1 aromatic carbocycles. The van der Waals surface area contributed by atoms with Gasteiger partial charge in [-0.2, -0.15) is 0 Å². The smallest absolute Gasteiger partial charge is 0.226 e. The number of amides is 1. The fraction of sp³-hybridized carbons (Fsp3) is 0.650. The van der Waals surface area contributed by atoms with Crippen molar-refractivity contribution in [2.24, 2.45) is 5.92 Å². The molecule has 3 fully saturated rings. The van der Waals surface area contributed by atoms with Gasteiger partial charge in [0, 0.05) is 25.6 Å². The third kappa shape index (κ3) is 4.04. The summed E-state index contributed by atoms with van der Waals surface area (Å²) >= 11 is 0. The van der Waals surface area contributed by atoms with E-state index in [1.165, 1.54) is 6.07 Å². The van der Waals surface area contributed by atoms with Crippen molar-refractivity contribution >= 4 is 5.91 Å². The van der Waals surface area contributed by atoms with Gasteiger partial charge in [0.1, 0.15) is 5.82 Å². The number of ether oxygens (including phenoxy) is 2. The second kappa shape index (κ2) is 7.42. The predicted octanol–water partition coefficient (Wildman–Crippen LogP) is 3.12. The highest BCUT2D eigenvalue weighted by Crippen LogP contribution is 2.48. The van der Waals surface area contributed by atoms with E-state index in [-0.39, 0.29) is 35.8 Å². The molecule has 2 saturated heterocycles. The number of hydrogen-bond donors (Lipinski definition) is 0. The second-order valence-corrected chi connectivity index (χ2v) is 7.50. The molecule has 4 rings (SSSR count). The molecule has 136 valence electrons. The number of rotatable bonds is 5. The first-order chi connectivity index (χ1) is 12.2.